The normalized spacial score (nSPS) is 10.6. The van der Waals surface area contributed by atoms with E-state index in [1.807, 2.05) is 49.4 Å². The fourth-order valence-corrected chi connectivity index (χ4v) is 2.43. The summed E-state index contributed by atoms with van der Waals surface area (Å²) < 4.78 is 16.1. The maximum Gasteiger partial charge on any atom is 0.191 e. The molecular weight excluding hydrogens is 457 g/mol. The van der Waals surface area contributed by atoms with Gasteiger partial charge in [-0.15, -0.1) is 24.0 Å². The molecule has 0 atom stereocenters. The van der Waals surface area contributed by atoms with Gasteiger partial charge in [0.05, 0.1) is 20.8 Å². The van der Waals surface area contributed by atoms with Gasteiger partial charge >= 0.3 is 0 Å². The van der Waals surface area contributed by atoms with Gasteiger partial charge in [-0.05, 0) is 42.3 Å². The lowest BCUT2D eigenvalue weighted by atomic mass is 10.2. The van der Waals surface area contributed by atoms with Crippen molar-refractivity contribution in [3.05, 3.63) is 53.6 Å². The minimum absolute atomic E-state index is 0. The average molecular weight is 485 g/mol. The molecule has 0 fully saturated rings. The van der Waals surface area contributed by atoms with Crippen molar-refractivity contribution in [1.29, 1.82) is 0 Å². The highest BCUT2D eigenvalue weighted by Crippen LogP contribution is 2.27. The number of ether oxygens (including phenoxy) is 3. The molecule has 148 valence electrons. The number of hydrogen-bond acceptors (Lipinski definition) is 4. The third kappa shape index (κ3) is 7.16. The van der Waals surface area contributed by atoms with Crippen molar-refractivity contribution in [1.82, 2.24) is 10.6 Å². The van der Waals surface area contributed by atoms with Crippen molar-refractivity contribution in [3.63, 3.8) is 0 Å². The first-order valence-corrected chi connectivity index (χ1v) is 8.57. The molecule has 2 aromatic carbocycles. The van der Waals surface area contributed by atoms with Crippen LogP contribution in [0.2, 0.25) is 0 Å². The Morgan fingerprint density at radius 3 is 2.07 bits per heavy atom. The van der Waals surface area contributed by atoms with Crippen LogP contribution in [0.25, 0.3) is 0 Å². The molecule has 0 heterocycles. The quantitative estimate of drug-likeness (QED) is 0.340. The second-order valence-corrected chi connectivity index (χ2v) is 5.55. The number of nitrogens with zero attached hydrogens (tertiary/aromatic N) is 1. The summed E-state index contributed by atoms with van der Waals surface area (Å²) in [5, 5.41) is 6.59. The summed E-state index contributed by atoms with van der Waals surface area (Å²) in [6.07, 6.45) is 0. The summed E-state index contributed by atoms with van der Waals surface area (Å²) in [5.74, 6) is 3.06. The van der Waals surface area contributed by atoms with E-state index < -0.39 is 0 Å². The van der Waals surface area contributed by atoms with E-state index in [1.165, 1.54) is 0 Å². The Morgan fingerprint density at radius 2 is 1.52 bits per heavy atom. The number of benzene rings is 2. The Morgan fingerprint density at radius 1 is 0.889 bits per heavy atom. The maximum atomic E-state index is 5.54. The van der Waals surface area contributed by atoms with Crippen molar-refractivity contribution in [2.24, 2.45) is 4.99 Å². The van der Waals surface area contributed by atoms with Gasteiger partial charge in [-0.25, -0.2) is 0 Å². The first kappa shape index (κ1) is 22.9. The number of hydrogen-bond donors (Lipinski definition) is 2. The summed E-state index contributed by atoms with van der Waals surface area (Å²) in [6.45, 7) is 3.87. The van der Waals surface area contributed by atoms with Crippen molar-refractivity contribution in [3.8, 4) is 17.2 Å². The van der Waals surface area contributed by atoms with E-state index >= 15 is 0 Å². The lowest BCUT2D eigenvalue weighted by Gasteiger charge is -2.14. The summed E-state index contributed by atoms with van der Waals surface area (Å²) in [6, 6.07) is 13.8. The largest absolute Gasteiger partial charge is 0.497 e. The van der Waals surface area contributed by atoms with Gasteiger partial charge in [-0.1, -0.05) is 18.2 Å². The van der Waals surface area contributed by atoms with Crippen LogP contribution in [0.5, 0.6) is 17.2 Å². The molecule has 7 heteroatoms. The second-order valence-electron chi connectivity index (χ2n) is 5.55. The molecule has 0 aliphatic heterocycles. The highest BCUT2D eigenvalue weighted by Gasteiger charge is 2.06. The summed E-state index contributed by atoms with van der Waals surface area (Å²) in [7, 11) is 5.06. The minimum Gasteiger partial charge on any atom is -0.497 e. The molecule has 2 N–H and O–H groups in total. The zero-order chi connectivity index (χ0) is 18.8. The van der Waals surface area contributed by atoms with Crippen LogP contribution in [-0.4, -0.2) is 33.8 Å². The van der Waals surface area contributed by atoms with Gasteiger partial charge in [-0.3, -0.25) is 4.99 Å². The van der Waals surface area contributed by atoms with E-state index in [2.05, 4.69) is 15.6 Å². The molecule has 6 nitrogen and oxygen atoms in total. The monoisotopic (exact) mass is 485 g/mol. The van der Waals surface area contributed by atoms with E-state index in [9.17, 15) is 0 Å². The van der Waals surface area contributed by atoms with Crippen molar-refractivity contribution >= 4 is 29.9 Å². The molecule has 0 saturated carbocycles. The molecule has 0 aliphatic carbocycles. The molecule has 0 amide bonds. The van der Waals surface area contributed by atoms with E-state index in [4.69, 9.17) is 14.2 Å². The first-order chi connectivity index (χ1) is 12.7. The molecule has 0 saturated heterocycles. The Labute approximate surface area is 178 Å². The Balaban J connectivity index is 0.00000364. The van der Waals surface area contributed by atoms with Crippen LogP contribution in [0.15, 0.2) is 47.5 Å². The molecule has 0 aromatic heterocycles. The van der Waals surface area contributed by atoms with E-state index in [-0.39, 0.29) is 24.0 Å². The smallest absolute Gasteiger partial charge is 0.191 e. The predicted octanol–water partition coefficient (Wildman–Crippen LogP) is 3.59. The lowest BCUT2D eigenvalue weighted by Crippen LogP contribution is -2.36. The number of rotatable bonds is 8. The Bertz CT molecular complexity index is 721. The van der Waals surface area contributed by atoms with Crippen LogP contribution in [0.4, 0.5) is 0 Å². The standard InChI is InChI=1S/C20H27N3O3.HI/c1-5-26-18-11-8-16(12-19(18)25-4)14-23-20(21-2)22-13-15-6-9-17(24-3)10-7-15;/h6-12H,5,13-14H2,1-4H3,(H2,21,22,23);1H. The minimum atomic E-state index is 0. The zero-order valence-corrected chi connectivity index (χ0v) is 18.6. The summed E-state index contributed by atoms with van der Waals surface area (Å²) in [5.41, 5.74) is 2.23. The molecule has 2 aromatic rings. The Kier molecular flexibility index (Phi) is 10.4. The Hall–Kier alpha value is -2.16. The first-order valence-electron chi connectivity index (χ1n) is 8.57. The predicted molar refractivity (Wildman–Crippen MR) is 120 cm³/mol. The number of aliphatic imine (C=N–C) groups is 1. The van der Waals surface area contributed by atoms with Gasteiger partial charge in [0.25, 0.3) is 0 Å². The molecule has 0 unspecified atom stereocenters. The van der Waals surface area contributed by atoms with Crippen LogP contribution < -0.4 is 24.8 Å². The van der Waals surface area contributed by atoms with Gasteiger partial charge in [-0.2, -0.15) is 0 Å². The molecular formula is C20H28IN3O3. The zero-order valence-electron chi connectivity index (χ0n) is 16.2. The molecule has 2 rings (SSSR count). The average Bonchev–Trinajstić information content (AvgIpc) is 2.69. The van der Waals surface area contributed by atoms with Gasteiger partial charge in [0.1, 0.15) is 5.75 Å². The summed E-state index contributed by atoms with van der Waals surface area (Å²) in [4.78, 5) is 4.26. The fourth-order valence-electron chi connectivity index (χ4n) is 2.43. The number of guanidine groups is 1. The molecule has 0 spiro atoms. The summed E-state index contributed by atoms with van der Waals surface area (Å²) >= 11 is 0. The van der Waals surface area contributed by atoms with Crippen molar-refractivity contribution < 1.29 is 14.2 Å². The van der Waals surface area contributed by atoms with E-state index in [1.54, 1.807) is 21.3 Å². The molecule has 0 radical (unpaired) electrons. The second kappa shape index (κ2) is 12.3. The number of nitrogens with one attached hydrogen (secondary N) is 2. The van der Waals surface area contributed by atoms with Crippen LogP contribution in [-0.2, 0) is 13.1 Å². The van der Waals surface area contributed by atoms with Crippen LogP contribution >= 0.6 is 24.0 Å². The molecule has 0 aliphatic rings. The topological polar surface area (TPSA) is 64.1 Å². The fraction of sp³-hybridized carbons (Fsp3) is 0.350. The van der Waals surface area contributed by atoms with Gasteiger partial charge in [0.15, 0.2) is 17.5 Å². The van der Waals surface area contributed by atoms with E-state index in [0.717, 1.165) is 34.3 Å². The lowest BCUT2D eigenvalue weighted by molar-refractivity contribution is 0.310. The van der Waals surface area contributed by atoms with Crippen LogP contribution in [0.1, 0.15) is 18.1 Å². The van der Waals surface area contributed by atoms with E-state index in [0.29, 0.717) is 19.7 Å². The molecule has 27 heavy (non-hydrogen) atoms. The van der Waals surface area contributed by atoms with Gasteiger partial charge in [0, 0.05) is 20.1 Å². The van der Waals surface area contributed by atoms with Crippen LogP contribution in [0, 0.1) is 0 Å². The van der Waals surface area contributed by atoms with Crippen LogP contribution in [0.3, 0.4) is 0 Å². The number of methoxy groups -OCH3 is 2. The SMILES string of the molecule is CCOc1ccc(CNC(=NC)NCc2ccc(OC)cc2)cc1OC.I. The third-order valence-corrected chi connectivity index (χ3v) is 3.83. The maximum absolute atomic E-state index is 5.54. The van der Waals surface area contributed by atoms with Crippen molar-refractivity contribution in [2.45, 2.75) is 20.0 Å². The highest BCUT2D eigenvalue weighted by molar-refractivity contribution is 14.0. The number of halogens is 1. The van der Waals surface area contributed by atoms with Gasteiger partial charge in [0.2, 0.25) is 0 Å². The highest BCUT2D eigenvalue weighted by atomic mass is 127. The van der Waals surface area contributed by atoms with Gasteiger partial charge < -0.3 is 24.8 Å². The third-order valence-electron chi connectivity index (χ3n) is 3.83. The molecule has 0 bridgehead atoms. The van der Waals surface area contributed by atoms with Crippen molar-refractivity contribution in [2.75, 3.05) is 27.9 Å².